The predicted molar refractivity (Wildman–Crippen MR) is 81.4 cm³/mol. The molecule has 6 nitrogen and oxygen atoms in total. The zero-order valence-electron chi connectivity index (χ0n) is 11.8. The lowest BCUT2D eigenvalue weighted by atomic mass is 10.1. The number of hydrogen-bond donors (Lipinski definition) is 1. The van der Waals surface area contributed by atoms with Gasteiger partial charge in [0.15, 0.2) is 5.75 Å². The van der Waals surface area contributed by atoms with Crippen LogP contribution in [0.3, 0.4) is 0 Å². The Morgan fingerprint density at radius 2 is 2.24 bits per heavy atom. The van der Waals surface area contributed by atoms with Crippen molar-refractivity contribution in [2.75, 3.05) is 24.2 Å². The molecule has 0 spiro atoms. The Kier molecular flexibility index (Phi) is 4.75. The zero-order valence-corrected chi connectivity index (χ0v) is 13.4. The van der Waals surface area contributed by atoms with Crippen LogP contribution in [0.5, 0.6) is 5.75 Å². The Morgan fingerprint density at radius 1 is 1.52 bits per heavy atom. The summed E-state index contributed by atoms with van der Waals surface area (Å²) in [6.45, 7) is 2.24. The minimum Gasteiger partial charge on any atom is -0.485 e. The van der Waals surface area contributed by atoms with Gasteiger partial charge in [0.25, 0.3) is 0 Å². The number of benzene rings is 1. The lowest BCUT2D eigenvalue weighted by Gasteiger charge is -2.35. The number of halogens is 1. The molecule has 1 amide bonds. The molecule has 1 aromatic rings. The SMILES string of the molecule is CC[C@@H]1CN(C(=O)CS(=O)(=O)NC)c2cccc(Cl)c2O1. The Hall–Kier alpha value is -1.31. The number of anilines is 1. The van der Waals surface area contributed by atoms with E-state index in [1.54, 1.807) is 18.2 Å². The summed E-state index contributed by atoms with van der Waals surface area (Å²) in [6.07, 6.45) is 0.478. The molecule has 0 saturated carbocycles. The van der Waals surface area contributed by atoms with Crippen LogP contribution in [0.1, 0.15) is 13.3 Å². The van der Waals surface area contributed by atoms with Gasteiger partial charge in [-0.15, -0.1) is 0 Å². The second kappa shape index (κ2) is 6.21. The van der Waals surface area contributed by atoms with Crippen LogP contribution >= 0.6 is 11.6 Å². The summed E-state index contributed by atoms with van der Waals surface area (Å²) >= 11 is 6.10. The van der Waals surface area contributed by atoms with Crippen LogP contribution in [0.25, 0.3) is 0 Å². The molecule has 1 aliphatic rings. The maximum atomic E-state index is 12.3. The first-order chi connectivity index (χ1) is 9.88. The third kappa shape index (κ3) is 3.48. The number of carbonyl (C=O) groups excluding carboxylic acids is 1. The largest absolute Gasteiger partial charge is 0.485 e. The highest BCUT2D eigenvalue weighted by atomic mass is 35.5. The van der Waals surface area contributed by atoms with Gasteiger partial charge in [0.1, 0.15) is 11.9 Å². The van der Waals surface area contributed by atoms with Gasteiger partial charge in [-0.1, -0.05) is 24.6 Å². The van der Waals surface area contributed by atoms with Crippen molar-refractivity contribution in [3.05, 3.63) is 23.2 Å². The minimum absolute atomic E-state index is 0.210. The van der Waals surface area contributed by atoms with Gasteiger partial charge in [-0.05, 0) is 25.6 Å². The molecule has 1 N–H and O–H groups in total. The summed E-state index contributed by atoms with van der Waals surface area (Å²) < 4.78 is 31.0. The topological polar surface area (TPSA) is 75.7 Å². The molecule has 0 aliphatic carbocycles. The molecular weight excluding hydrogens is 316 g/mol. The number of amides is 1. The number of hydrogen-bond acceptors (Lipinski definition) is 4. The van der Waals surface area contributed by atoms with Crippen LogP contribution in [0.2, 0.25) is 5.02 Å². The lowest BCUT2D eigenvalue weighted by Crippen LogP contribution is -2.46. The van der Waals surface area contributed by atoms with Crippen molar-refractivity contribution < 1.29 is 17.9 Å². The number of rotatable bonds is 4. The Balaban J connectivity index is 2.36. The van der Waals surface area contributed by atoms with E-state index in [4.69, 9.17) is 16.3 Å². The molecule has 116 valence electrons. The van der Waals surface area contributed by atoms with Crippen LogP contribution in [0, 0.1) is 0 Å². The maximum Gasteiger partial charge on any atom is 0.243 e. The highest BCUT2D eigenvalue weighted by molar-refractivity contribution is 7.90. The molecule has 0 saturated heterocycles. The minimum atomic E-state index is -3.62. The number of ether oxygens (including phenoxy) is 1. The van der Waals surface area contributed by atoms with Crippen LogP contribution in [0.4, 0.5) is 5.69 Å². The van der Waals surface area contributed by atoms with E-state index < -0.39 is 21.7 Å². The first kappa shape index (κ1) is 16.1. The van der Waals surface area contributed by atoms with E-state index in [0.29, 0.717) is 29.4 Å². The number of para-hydroxylation sites is 1. The smallest absolute Gasteiger partial charge is 0.243 e. The average molecular weight is 333 g/mol. The molecule has 1 atom stereocenters. The van der Waals surface area contributed by atoms with Crippen LogP contribution in [-0.4, -0.2) is 39.8 Å². The fraction of sp³-hybridized carbons (Fsp3) is 0.462. The lowest BCUT2D eigenvalue weighted by molar-refractivity contribution is -0.116. The van der Waals surface area contributed by atoms with Gasteiger partial charge < -0.3 is 9.64 Å². The summed E-state index contributed by atoms with van der Waals surface area (Å²) in [6, 6.07) is 5.06. The van der Waals surface area contributed by atoms with Crippen LogP contribution in [0.15, 0.2) is 18.2 Å². The number of nitrogens with zero attached hydrogens (tertiary/aromatic N) is 1. The van der Waals surface area contributed by atoms with E-state index in [2.05, 4.69) is 4.72 Å². The van der Waals surface area contributed by atoms with Crippen molar-refractivity contribution in [2.45, 2.75) is 19.4 Å². The van der Waals surface area contributed by atoms with E-state index in [1.807, 2.05) is 6.92 Å². The van der Waals surface area contributed by atoms with Gasteiger partial charge in [0.05, 0.1) is 17.3 Å². The van der Waals surface area contributed by atoms with Crippen molar-refractivity contribution in [1.82, 2.24) is 4.72 Å². The van der Waals surface area contributed by atoms with E-state index in [1.165, 1.54) is 11.9 Å². The van der Waals surface area contributed by atoms with Crippen LogP contribution in [-0.2, 0) is 14.8 Å². The first-order valence-corrected chi connectivity index (χ1v) is 8.57. The van der Waals surface area contributed by atoms with Crippen molar-refractivity contribution in [2.24, 2.45) is 0 Å². The molecule has 1 aromatic carbocycles. The second-order valence-corrected chi connectivity index (χ2v) is 7.04. The quantitative estimate of drug-likeness (QED) is 0.904. The summed E-state index contributed by atoms with van der Waals surface area (Å²) in [7, 11) is -2.34. The monoisotopic (exact) mass is 332 g/mol. The fourth-order valence-corrected chi connectivity index (χ4v) is 2.93. The maximum absolute atomic E-state index is 12.3. The first-order valence-electron chi connectivity index (χ1n) is 6.54. The molecule has 8 heteroatoms. The van der Waals surface area contributed by atoms with E-state index in [-0.39, 0.29) is 6.10 Å². The summed E-state index contributed by atoms with van der Waals surface area (Å²) in [5.41, 5.74) is 0.503. The van der Waals surface area contributed by atoms with Gasteiger partial charge in [0.2, 0.25) is 15.9 Å². The third-order valence-electron chi connectivity index (χ3n) is 3.29. The molecule has 0 unspecified atom stereocenters. The van der Waals surface area contributed by atoms with Gasteiger partial charge in [0, 0.05) is 0 Å². The molecule has 1 aliphatic heterocycles. The second-order valence-electron chi connectivity index (χ2n) is 4.70. The molecule has 0 fully saturated rings. The van der Waals surface area contributed by atoms with Crippen molar-refractivity contribution in [3.8, 4) is 5.75 Å². The normalized spacial score (nSPS) is 18.0. The fourth-order valence-electron chi connectivity index (χ4n) is 2.09. The van der Waals surface area contributed by atoms with Gasteiger partial charge in [-0.2, -0.15) is 0 Å². The van der Waals surface area contributed by atoms with Gasteiger partial charge in [-0.25, -0.2) is 13.1 Å². The van der Waals surface area contributed by atoms with Crippen molar-refractivity contribution >= 4 is 33.2 Å². The summed E-state index contributed by atoms with van der Waals surface area (Å²) in [5, 5.41) is 0.403. The number of nitrogens with one attached hydrogen (secondary N) is 1. The average Bonchev–Trinajstić information content (AvgIpc) is 2.46. The molecule has 0 bridgehead atoms. The molecule has 1 heterocycles. The standard InChI is InChI=1S/C13H17ClN2O4S/c1-3-9-7-16(12(17)8-21(18,19)15-2)11-6-4-5-10(14)13(11)20-9/h4-6,9,15H,3,7-8H2,1-2H3/t9-/m1/s1. The molecule has 21 heavy (non-hydrogen) atoms. The number of carbonyl (C=O) groups is 1. The van der Waals surface area contributed by atoms with Crippen LogP contribution < -0.4 is 14.4 Å². The summed E-state index contributed by atoms with van der Waals surface area (Å²) in [4.78, 5) is 13.7. The molecule has 0 aromatic heterocycles. The van der Waals surface area contributed by atoms with E-state index >= 15 is 0 Å². The Morgan fingerprint density at radius 3 is 2.86 bits per heavy atom. The zero-order chi connectivity index (χ0) is 15.6. The number of fused-ring (bicyclic) bond motifs is 1. The molecule has 0 radical (unpaired) electrons. The van der Waals surface area contributed by atoms with E-state index in [0.717, 1.165) is 0 Å². The molecule has 2 rings (SSSR count). The Labute approximate surface area is 129 Å². The highest BCUT2D eigenvalue weighted by Gasteiger charge is 2.32. The van der Waals surface area contributed by atoms with Crippen molar-refractivity contribution in [1.29, 1.82) is 0 Å². The van der Waals surface area contributed by atoms with Crippen molar-refractivity contribution in [3.63, 3.8) is 0 Å². The highest BCUT2D eigenvalue weighted by Crippen LogP contribution is 2.39. The predicted octanol–water partition coefficient (Wildman–Crippen LogP) is 1.39. The number of sulfonamides is 1. The van der Waals surface area contributed by atoms with E-state index in [9.17, 15) is 13.2 Å². The Bertz CT molecular complexity index is 648. The third-order valence-corrected chi connectivity index (χ3v) is 4.84. The van der Waals surface area contributed by atoms with Gasteiger partial charge in [-0.3, -0.25) is 4.79 Å². The summed E-state index contributed by atoms with van der Waals surface area (Å²) in [5.74, 6) is -0.687. The molecular formula is C13H17ClN2O4S. The van der Waals surface area contributed by atoms with Gasteiger partial charge >= 0.3 is 0 Å².